The van der Waals surface area contributed by atoms with Gasteiger partial charge in [0.2, 0.25) is 15.9 Å². The number of carbonyl (C=O) groups excluding carboxylic acids is 1. The van der Waals surface area contributed by atoms with Crippen LogP contribution in [-0.4, -0.2) is 31.7 Å². The third kappa shape index (κ3) is 3.88. The van der Waals surface area contributed by atoms with Crippen molar-refractivity contribution in [2.45, 2.75) is 17.7 Å². The molecule has 9 heteroatoms. The Bertz CT molecular complexity index is 1040. The van der Waals surface area contributed by atoms with Gasteiger partial charge in [-0.2, -0.15) is 9.57 Å². The highest BCUT2D eigenvalue weighted by molar-refractivity contribution is 7.89. The highest BCUT2D eigenvalue weighted by atomic mass is 32.2. The third-order valence-corrected chi connectivity index (χ3v) is 6.62. The summed E-state index contributed by atoms with van der Waals surface area (Å²) in [6.07, 6.45) is 0.466. The number of carbonyl (C=O) groups is 1. The van der Waals surface area contributed by atoms with E-state index in [1.165, 1.54) is 28.6 Å². The van der Waals surface area contributed by atoms with E-state index in [0.717, 1.165) is 6.07 Å². The first-order valence-corrected chi connectivity index (χ1v) is 10.0. The molecule has 28 heavy (non-hydrogen) atoms. The molecule has 1 amide bonds. The molecule has 1 aliphatic rings. The number of hydrogen-bond donors (Lipinski definition) is 1. The van der Waals surface area contributed by atoms with Gasteiger partial charge in [0, 0.05) is 19.0 Å². The second kappa shape index (κ2) is 8.04. The molecule has 6 nitrogen and oxygen atoms in total. The predicted molar refractivity (Wildman–Crippen MR) is 97.6 cm³/mol. The Morgan fingerprint density at radius 3 is 2.46 bits per heavy atom. The van der Waals surface area contributed by atoms with Crippen LogP contribution in [0.2, 0.25) is 0 Å². The molecular formula is C19H17F2N3O3S. The quantitative estimate of drug-likeness (QED) is 0.847. The Morgan fingerprint density at radius 2 is 1.79 bits per heavy atom. The largest absolute Gasteiger partial charge is 0.323 e. The molecule has 0 unspecified atom stereocenters. The SMILES string of the molecule is N#Cc1ccccc1S(=O)(=O)N1CCC(C(=O)Nc2cccc(F)c2F)CC1. The number of anilines is 1. The molecule has 2 aromatic rings. The molecular weight excluding hydrogens is 388 g/mol. The molecule has 1 aliphatic heterocycles. The molecule has 0 spiro atoms. The maximum Gasteiger partial charge on any atom is 0.244 e. The number of rotatable bonds is 4. The molecule has 0 aliphatic carbocycles. The molecule has 1 heterocycles. The minimum atomic E-state index is -3.86. The number of hydrogen-bond acceptors (Lipinski definition) is 4. The van der Waals surface area contributed by atoms with Gasteiger partial charge in [-0.25, -0.2) is 17.2 Å². The summed E-state index contributed by atoms with van der Waals surface area (Å²) in [7, 11) is -3.86. The van der Waals surface area contributed by atoms with Crippen LogP contribution in [0.1, 0.15) is 18.4 Å². The van der Waals surface area contributed by atoms with Gasteiger partial charge in [0.25, 0.3) is 0 Å². The number of nitrogens with zero attached hydrogens (tertiary/aromatic N) is 2. The topological polar surface area (TPSA) is 90.3 Å². The number of amides is 1. The molecule has 1 saturated heterocycles. The molecule has 146 valence electrons. The first-order chi connectivity index (χ1) is 13.3. The smallest absolute Gasteiger partial charge is 0.244 e. The summed E-state index contributed by atoms with van der Waals surface area (Å²) in [5.74, 6) is -3.21. The highest BCUT2D eigenvalue weighted by Crippen LogP contribution is 2.27. The van der Waals surface area contributed by atoms with Crippen LogP contribution < -0.4 is 5.32 Å². The van der Waals surface area contributed by atoms with Crippen molar-refractivity contribution < 1.29 is 22.0 Å². The summed E-state index contributed by atoms with van der Waals surface area (Å²) < 4.78 is 53.8. The second-order valence-corrected chi connectivity index (χ2v) is 8.28. The van der Waals surface area contributed by atoms with Crippen molar-refractivity contribution in [1.82, 2.24) is 4.31 Å². The van der Waals surface area contributed by atoms with E-state index in [-0.39, 0.29) is 42.1 Å². The first-order valence-electron chi connectivity index (χ1n) is 8.58. The Morgan fingerprint density at radius 1 is 1.11 bits per heavy atom. The predicted octanol–water partition coefficient (Wildman–Crippen LogP) is 2.88. The van der Waals surface area contributed by atoms with Crippen molar-refractivity contribution >= 4 is 21.6 Å². The lowest BCUT2D eigenvalue weighted by Gasteiger charge is -2.30. The minimum Gasteiger partial charge on any atom is -0.323 e. The van der Waals surface area contributed by atoms with E-state index in [4.69, 9.17) is 5.26 Å². The lowest BCUT2D eigenvalue weighted by Crippen LogP contribution is -2.41. The first kappa shape index (κ1) is 19.9. The van der Waals surface area contributed by atoms with Crippen LogP contribution in [0.15, 0.2) is 47.4 Å². The fraction of sp³-hybridized carbons (Fsp3) is 0.263. The molecule has 0 bridgehead atoms. The maximum absolute atomic E-state index is 13.7. The molecule has 0 atom stereocenters. The second-order valence-electron chi connectivity index (χ2n) is 6.38. The molecule has 1 N–H and O–H groups in total. The summed E-state index contributed by atoms with van der Waals surface area (Å²) in [5, 5.41) is 11.5. The molecule has 0 radical (unpaired) electrons. The van der Waals surface area contributed by atoms with E-state index in [9.17, 15) is 22.0 Å². The number of nitriles is 1. The zero-order valence-corrected chi connectivity index (χ0v) is 15.5. The zero-order valence-electron chi connectivity index (χ0n) is 14.7. The molecule has 3 rings (SSSR count). The van der Waals surface area contributed by atoms with Gasteiger partial charge in [-0.1, -0.05) is 18.2 Å². The Kier molecular flexibility index (Phi) is 5.72. The van der Waals surface area contributed by atoms with E-state index >= 15 is 0 Å². The van der Waals surface area contributed by atoms with Crippen LogP contribution in [0.4, 0.5) is 14.5 Å². The lowest BCUT2D eigenvalue weighted by atomic mass is 9.97. The van der Waals surface area contributed by atoms with Gasteiger partial charge in [-0.15, -0.1) is 0 Å². The average molecular weight is 405 g/mol. The van der Waals surface area contributed by atoms with Crippen LogP contribution in [0.5, 0.6) is 0 Å². The van der Waals surface area contributed by atoms with Crippen LogP contribution >= 0.6 is 0 Å². The zero-order chi connectivity index (χ0) is 20.3. The van der Waals surface area contributed by atoms with Crippen molar-refractivity contribution in [3.63, 3.8) is 0 Å². The van der Waals surface area contributed by atoms with E-state index in [2.05, 4.69) is 5.32 Å². The van der Waals surface area contributed by atoms with Crippen LogP contribution in [0.3, 0.4) is 0 Å². The number of benzene rings is 2. The molecule has 0 aromatic heterocycles. The van der Waals surface area contributed by atoms with Crippen molar-refractivity contribution in [1.29, 1.82) is 5.26 Å². The fourth-order valence-corrected chi connectivity index (χ4v) is 4.73. The summed E-state index contributed by atoms with van der Waals surface area (Å²) >= 11 is 0. The molecule has 2 aromatic carbocycles. The van der Waals surface area contributed by atoms with Crippen molar-refractivity contribution in [2.24, 2.45) is 5.92 Å². The average Bonchev–Trinajstić information content (AvgIpc) is 2.71. The highest BCUT2D eigenvalue weighted by Gasteiger charge is 2.33. The van der Waals surface area contributed by atoms with Crippen LogP contribution in [0.25, 0.3) is 0 Å². The third-order valence-electron chi connectivity index (χ3n) is 4.66. The number of nitrogens with one attached hydrogen (secondary N) is 1. The number of halogens is 2. The Hall–Kier alpha value is -2.83. The Balaban J connectivity index is 1.68. The van der Waals surface area contributed by atoms with Crippen molar-refractivity contribution in [3.05, 3.63) is 59.7 Å². The van der Waals surface area contributed by atoms with Crippen LogP contribution in [-0.2, 0) is 14.8 Å². The normalized spacial score (nSPS) is 15.8. The summed E-state index contributed by atoms with van der Waals surface area (Å²) in [6.45, 7) is 0.178. The van der Waals surface area contributed by atoms with Gasteiger partial charge in [0.1, 0.15) is 6.07 Å². The number of sulfonamides is 1. The summed E-state index contributed by atoms with van der Waals surface area (Å²) in [5.41, 5.74) is -0.188. The lowest BCUT2D eigenvalue weighted by molar-refractivity contribution is -0.120. The summed E-state index contributed by atoms with van der Waals surface area (Å²) in [4.78, 5) is 12.3. The van der Waals surface area contributed by atoms with Gasteiger partial charge >= 0.3 is 0 Å². The molecule has 1 fully saturated rings. The molecule has 0 saturated carbocycles. The van der Waals surface area contributed by atoms with Crippen molar-refractivity contribution in [2.75, 3.05) is 18.4 Å². The van der Waals surface area contributed by atoms with E-state index < -0.39 is 33.5 Å². The van der Waals surface area contributed by atoms with Gasteiger partial charge in [0.05, 0.1) is 16.1 Å². The number of piperidine rings is 1. The van der Waals surface area contributed by atoms with E-state index in [0.29, 0.717) is 0 Å². The van der Waals surface area contributed by atoms with Gasteiger partial charge in [-0.3, -0.25) is 4.79 Å². The van der Waals surface area contributed by atoms with Crippen LogP contribution in [0, 0.1) is 28.9 Å². The summed E-state index contributed by atoms with van der Waals surface area (Å²) in [6, 6.07) is 11.3. The van der Waals surface area contributed by atoms with Gasteiger partial charge < -0.3 is 5.32 Å². The maximum atomic E-state index is 13.7. The van der Waals surface area contributed by atoms with Crippen molar-refractivity contribution in [3.8, 4) is 6.07 Å². The minimum absolute atomic E-state index is 0.0592. The monoisotopic (exact) mass is 405 g/mol. The fourth-order valence-electron chi connectivity index (χ4n) is 3.12. The van der Waals surface area contributed by atoms with E-state index in [1.54, 1.807) is 12.1 Å². The Labute approximate surface area is 161 Å². The standard InChI is InChI=1S/C19H17F2N3O3S/c20-15-5-3-6-16(18(15)21)23-19(25)13-8-10-24(11-9-13)28(26,27)17-7-2-1-4-14(17)12-22/h1-7,13H,8-11H2,(H,23,25). The van der Waals surface area contributed by atoms with E-state index in [1.807, 2.05) is 6.07 Å². The van der Waals surface area contributed by atoms with Gasteiger partial charge in [0.15, 0.2) is 11.6 Å². The van der Waals surface area contributed by atoms with Gasteiger partial charge in [-0.05, 0) is 37.1 Å².